The van der Waals surface area contributed by atoms with Crippen LogP contribution in [0.5, 0.6) is 0 Å². The standard InChI is InChI=1S/C16H12N4OS/c1-9-5-4-8-12-13(9)17-16(22-12)18-15(21)14-10-6-2-3-7-11(10)19-20-14/h2-8H,1H3,(H,19,20)(H,17,18,21). The minimum absolute atomic E-state index is 0.255. The Balaban J connectivity index is 1.70. The van der Waals surface area contributed by atoms with Crippen LogP contribution in [0.3, 0.4) is 0 Å². The minimum Gasteiger partial charge on any atom is -0.296 e. The lowest BCUT2D eigenvalue weighted by atomic mass is 10.2. The molecule has 108 valence electrons. The molecule has 0 aliphatic rings. The number of rotatable bonds is 2. The van der Waals surface area contributed by atoms with Gasteiger partial charge in [-0.1, -0.05) is 41.7 Å². The summed E-state index contributed by atoms with van der Waals surface area (Å²) in [6.45, 7) is 2.01. The monoisotopic (exact) mass is 308 g/mol. The van der Waals surface area contributed by atoms with Crippen molar-refractivity contribution in [3.05, 3.63) is 53.7 Å². The quantitative estimate of drug-likeness (QED) is 0.592. The molecule has 2 heterocycles. The number of benzene rings is 2. The van der Waals surface area contributed by atoms with E-state index in [4.69, 9.17) is 0 Å². The van der Waals surface area contributed by atoms with Gasteiger partial charge in [-0.2, -0.15) is 5.10 Å². The number of hydrogen-bond acceptors (Lipinski definition) is 4. The molecule has 6 heteroatoms. The molecule has 0 atom stereocenters. The first-order valence-electron chi connectivity index (χ1n) is 6.83. The third kappa shape index (κ3) is 2.05. The number of H-pyrrole nitrogens is 1. The van der Waals surface area contributed by atoms with Crippen molar-refractivity contribution in [2.24, 2.45) is 0 Å². The Kier molecular flexibility index (Phi) is 2.90. The van der Waals surface area contributed by atoms with Crippen LogP contribution in [0.2, 0.25) is 0 Å². The summed E-state index contributed by atoms with van der Waals surface area (Å²) in [5.74, 6) is -0.255. The highest BCUT2D eigenvalue weighted by molar-refractivity contribution is 7.22. The second-order valence-corrected chi connectivity index (χ2v) is 6.04. The van der Waals surface area contributed by atoms with Gasteiger partial charge in [-0.15, -0.1) is 0 Å². The van der Waals surface area contributed by atoms with E-state index >= 15 is 0 Å². The van der Waals surface area contributed by atoms with Gasteiger partial charge in [0, 0.05) is 5.39 Å². The number of anilines is 1. The van der Waals surface area contributed by atoms with E-state index in [0.717, 1.165) is 26.7 Å². The Bertz CT molecular complexity index is 1000. The van der Waals surface area contributed by atoms with E-state index in [1.54, 1.807) is 0 Å². The number of carbonyl (C=O) groups is 1. The summed E-state index contributed by atoms with van der Waals surface area (Å²) < 4.78 is 1.06. The van der Waals surface area contributed by atoms with E-state index in [1.807, 2.05) is 49.4 Å². The van der Waals surface area contributed by atoms with Gasteiger partial charge in [0.1, 0.15) is 0 Å². The highest BCUT2D eigenvalue weighted by Gasteiger charge is 2.16. The highest BCUT2D eigenvalue weighted by Crippen LogP contribution is 2.28. The van der Waals surface area contributed by atoms with Crippen molar-refractivity contribution in [1.29, 1.82) is 0 Å². The van der Waals surface area contributed by atoms with E-state index in [0.29, 0.717) is 10.8 Å². The van der Waals surface area contributed by atoms with Gasteiger partial charge in [-0.05, 0) is 24.6 Å². The molecule has 1 amide bonds. The number of amides is 1. The van der Waals surface area contributed by atoms with E-state index < -0.39 is 0 Å². The van der Waals surface area contributed by atoms with Crippen LogP contribution in [0.1, 0.15) is 16.1 Å². The molecule has 0 radical (unpaired) electrons. The first-order chi connectivity index (χ1) is 10.7. The average Bonchev–Trinajstić information content (AvgIpc) is 3.11. The number of nitrogens with one attached hydrogen (secondary N) is 2. The Labute approximate surface area is 130 Å². The number of carbonyl (C=O) groups excluding carboxylic acids is 1. The number of aromatic nitrogens is 3. The summed E-state index contributed by atoms with van der Waals surface area (Å²) >= 11 is 1.46. The van der Waals surface area contributed by atoms with Crippen LogP contribution in [-0.4, -0.2) is 21.1 Å². The average molecular weight is 308 g/mol. The zero-order chi connectivity index (χ0) is 15.1. The van der Waals surface area contributed by atoms with Gasteiger partial charge in [0.05, 0.1) is 15.7 Å². The number of fused-ring (bicyclic) bond motifs is 2. The molecule has 0 unspecified atom stereocenters. The van der Waals surface area contributed by atoms with Gasteiger partial charge < -0.3 is 0 Å². The zero-order valence-corrected chi connectivity index (χ0v) is 12.6. The van der Waals surface area contributed by atoms with Crippen LogP contribution in [-0.2, 0) is 0 Å². The SMILES string of the molecule is Cc1cccc2sc(NC(=O)c3n[nH]c4ccccc34)nc12. The maximum Gasteiger partial charge on any atom is 0.278 e. The molecule has 0 saturated carbocycles. The molecule has 0 aliphatic heterocycles. The Morgan fingerprint density at radius 1 is 1.18 bits per heavy atom. The van der Waals surface area contributed by atoms with Crippen LogP contribution in [0, 0.1) is 6.92 Å². The lowest BCUT2D eigenvalue weighted by Gasteiger charge is -1.98. The number of para-hydroxylation sites is 2. The summed E-state index contributed by atoms with van der Waals surface area (Å²) in [5.41, 5.74) is 3.24. The van der Waals surface area contributed by atoms with Crippen molar-refractivity contribution in [3.63, 3.8) is 0 Å². The van der Waals surface area contributed by atoms with E-state index in [-0.39, 0.29) is 5.91 Å². The van der Waals surface area contributed by atoms with Gasteiger partial charge in [0.25, 0.3) is 5.91 Å². The van der Waals surface area contributed by atoms with Crippen molar-refractivity contribution in [2.75, 3.05) is 5.32 Å². The molecule has 4 aromatic rings. The molecule has 2 aromatic heterocycles. The van der Waals surface area contributed by atoms with Crippen molar-refractivity contribution in [1.82, 2.24) is 15.2 Å². The molecule has 5 nitrogen and oxygen atoms in total. The molecule has 0 fully saturated rings. The van der Waals surface area contributed by atoms with E-state index in [2.05, 4.69) is 20.5 Å². The van der Waals surface area contributed by atoms with E-state index in [9.17, 15) is 4.79 Å². The van der Waals surface area contributed by atoms with Gasteiger partial charge in [0.15, 0.2) is 10.8 Å². The molecule has 0 aliphatic carbocycles. The lowest BCUT2D eigenvalue weighted by molar-refractivity contribution is 0.102. The Hall–Kier alpha value is -2.73. The normalized spacial score (nSPS) is 11.1. The van der Waals surface area contributed by atoms with Gasteiger partial charge in [-0.25, -0.2) is 4.98 Å². The van der Waals surface area contributed by atoms with Crippen LogP contribution in [0.4, 0.5) is 5.13 Å². The van der Waals surface area contributed by atoms with Gasteiger partial charge in [-0.3, -0.25) is 15.2 Å². The molecule has 4 rings (SSSR count). The smallest absolute Gasteiger partial charge is 0.278 e. The topological polar surface area (TPSA) is 70.7 Å². The highest BCUT2D eigenvalue weighted by atomic mass is 32.1. The first kappa shape index (κ1) is 13.0. The lowest BCUT2D eigenvalue weighted by Crippen LogP contribution is -2.12. The molecular weight excluding hydrogens is 296 g/mol. The second kappa shape index (κ2) is 4.92. The number of thiazole rings is 1. The Morgan fingerprint density at radius 2 is 2.05 bits per heavy atom. The van der Waals surface area contributed by atoms with Crippen LogP contribution < -0.4 is 5.32 Å². The van der Waals surface area contributed by atoms with Crippen molar-refractivity contribution in [3.8, 4) is 0 Å². The zero-order valence-electron chi connectivity index (χ0n) is 11.8. The Morgan fingerprint density at radius 3 is 2.91 bits per heavy atom. The largest absolute Gasteiger partial charge is 0.296 e. The summed E-state index contributed by atoms with van der Waals surface area (Å²) in [6, 6.07) is 13.5. The maximum absolute atomic E-state index is 12.4. The fourth-order valence-electron chi connectivity index (χ4n) is 2.43. The van der Waals surface area contributed by atoms with Crippen LogP contribution in [0.25, 0.3) is 21.1 Å². The number of aromatic amines is 1. The molecule has 0 saturated heterocycles. The molecule has 2 aromatic carbocycles. The molecular formula is C16H12N4OS. The maximum atomic E-state index is 12.4. The number of aryl methyl sites for hydroxylation is 1. The summed E-state index contributed by atoms with van der Waals surface area (Å²) in [4.78, 5) is 16.9. The van der Waals surface area contributed by atoms with Crippen LogP contribution in [0.15, 0.2) is 42.5 Å². The fraction of sp³-hybridized carbons (Fsp3) is 0.0625. The molecule has 0 spiro atoms. The molecule has 0 bridgehead atoms. The van der Waals surface area contributed by atoms with Crippen molar-refractivity contribution < 1.29 is 4.79 Å². The van der Waals surface area contributed by atoms with Crippen molar-refractivity contribution >= 4 is 43.5 Å². The van der Waals surface area contributed by atoms with E-state index in [1.165, 1.54) is 11.3 Å². The molecule has 22 heavy (non-hydrogen) atoms. The first-order valence-corrected chi connectivity index (χ1v) is 7.64. The third-order valence-corrected chi connectivity index (χ3v) is 4.46. The predicted octanol–water partition coefficient (Wildman–Crippen LogP) is 3.73. The number of nitrogens with zero attached hydrogens (tertiary/aromatic N) is 2. The third-order valence-electron chi connectivity index (χ3n) is 3.53. The summed E-state index contributed by atoms with van der Waals surface area (Å²) in [7, 11) is 0. The van der Waals surface area contributed by atoms with Gasteiger partial charge in [0.2, 0.25) is 0 Å². The van der Waals surface area contributed by atoms with Crippen LogP contribution >= 0.6 is 11.3 Å². The number of hydrogen-bond donors (Lipinski definition) is 2. The molecule has 2 N–H and O–H groups in total. The minimum atomic E-state index is -0.255. The predicted molar refractivity (Wildman–Crippen MR) is 88.4 cm³/mol. The van der Waals surface area contributed by atoms with Gasteiger partial charge >= 0.3 is 0 Å². The second-order valence-electron chi connectivity index (χ2n) is 5.01. The summed E-state index contributed by atoms with van der Waals surface area (Å²) in [6.07, 6.45) is 0. The van der Waals surface area contributed by atoms with Crippen molar-refractivity contribution in [2.45, 2.75) is 6.92 Å². The fourth-order valence-corrected chi connectivity index (χ4v) is 3.37. The summed E-state index contributed by atoms with van der Waals surface area (Å²) in [5, 5.41) is 11.2.